The Morgan fingerprint density at radius 3 is 2.50 bits per heavy atom. The first-order valence-electron chi connectivity index (χ1n) is 8.08. The fourth-order valence-corrected chi connectivity index (χ4v) is 3.12. The molecule has 0 radical (unpaired) electrons. The first-order valence-corrected chi connectivity index (χ1v) is 8.08. The lowest BCUT2D eigenvalue weighted by Gasteiger charge is -2.38. The van der Waals surface area contributed by atoms with Crippen molar-refractivity contribution in [2.45, 2.75) is 13.0 Å². The predicted molar refractivity (Wildman–Crippen MR) is 89.0 cm³/mol. The van der Waals surface area contributed by atoms with E-state index in [0.717, 1.165) is 38.4 Å². The molecule has 3 rings (SSSR count). The molecule has 118 valence electrons. The van der Waals surface area contributed by atoms with Gasteiger partial charge in [0.2, 0.25) is 0 Å². The molecule has 0 saturated carbocycles. The molecule has 1 fully saturated rings. The van der Waals surface area contributed by atoms with Crippen molar-refractivity contribution < 1.29 is 0 Å². The molecule has 0 spiro atoms. The lowest BCUT2D eigenvalue weighted by molar-refractivity contribution is 0.102. The van der Waals surface area contributed by atoms with Gasteiger partial charge in [-0.3, -0.25) is 4.90 Å². The molecule has 1 unspecified atom stereocenters. The molecule has 0 amide bonds. The van der Waals surface area contributed by atoms with E-state index in [9.17, 15) is 0 Å². The number of likely N-dealkylation sites (N-methyl/N-ethyl adjacent to an activating group) is 1. The van der Waals surface area contributed by atoms with Crippen molar-refractivity contribution in [1.82, 2.24) is 19.6 Å². The van der Waals surface area contributed by atoms with Crippen molar-refractivity contribution in [2.75, 3.05) is 39.3 Å². The van der Waals surface area contributed by atoms with Gasteiger partial charge < -0.3 is 10.6 Å². The Kier molecular flexibility index (Phi) is 4.87. The van der Waals surface area contributed by atoms with E-state index >= 15 is 0 Å². The second-order valence-corrected chi connectivity index (χ2v) is 5.78. The van der Waals surface area contributed by atoms with Crippen molar-refractivity contribution in [3.63, 3.8) is 0 Å². The monoisotopic (exact) mass is 299 g/mol. The fourth-order valence-electron chi connectivity index (χ4n) is 3.12. The van der Waals surface area contributed by atoms with Crippen molar-refractivity contribution >= 4 is 0 Å². The minimum Gasteiger partial charge on any atom is -0.329 e. The summed E-state index contributed by atoms with van der Waals surface area (Å²) in [4.78, 5) is 4.97. The lowest BCUT2D eigenvalue weighted by atomic mass is 10.1. The molecule has 1 aromatic heterocycles. The summed E-state index contributed by atoms with van der Waals surface area (Å²) in [5, 5.41) is 4.51. The summed E-state index contributed by atoms with van der Waals surface area (Å²) in [5.41, 5.74) is 8.35. The summed E-state index contributed by atoms with van der Waals surface area (Å²) < 4.78 is 1.93. The standard InChI is InChI=1S/C17H25N5/c1-2-20-8-10-21(11-9-20)17(12-18)15-13-19-22(14-15)16-6-4-3-5-7-16/h3-7,13-14,17H,2,8-12,18H2,1H3. The average Bonchev–Trinajstić information content (AvgIpc) is 3.07. The maximum atomic E-state index is 6.06. The molecule has 0 aliphatic carbocycles. The SMILES string of the molecule is CCN1CCN(C(CN)c2cnn(-c3ccccc3)c2)CC1. The molecule has 2 aromatic rings. The minimum absolute atomic E-state index is 0.261. The van der Waals surface area contributed by atoms with Crippen LogP contribution in [0.4, 0.5) is 0 Å². The van der Waals surface area contributed by atoms with Gasteiger partial charge in [0.1, 0.15) is 0 Å². The lowest BCUT2D eigenvalue weighted by Crippen LogP contribution is -2.48. The number of aromatic nitrogens is 2. The summed E-state index contributed by atoms with van der Waals surface area (Å²) in [7, 11) is 0. The smallest absolute Gasteiger partial charge is 0.0645 e. The summed E-state index contributed by atoms with van der Waals surface area (Å²) in [6, 6.07) is 10.5. The van der Waals surface area contributed by atoms with E-state index in [4.69, 9.17) is 5.73 Å². The predicted octanol–water partition coefficient (Wildman–Crippen LogP) is 1.51. The van der Waals surface area contributed by atoms with E-state index < -0.39 is 0 Å². The number of para-hydroxylation sites is 1. The van der Waals surface area contributed by atoms with Crippen LogP contribution in [0.15, 0.2) is 42.7 Å². The van der Waals surface area contributed by atoms with E-state index in [1.807, 2.05) is 29.1 Å². The molecule has 2 heterocycles. The second kappa shape index (κ2) is 7.05. The number of rotatable bonds is 5. The van der Waals surface area contributed by atoms with E-state index in [1.54, 1.807) is 0 Å². The Balaban J connectivity index is 1.73. The maximum Gasteiger partial charge on any atom is 0.0645 e. The number of piperazine rings is 1. The van der Waals surface area contributed by atoms with Gasteiger partial charge >= 0.3 is 0 Å². The molecular weight excluding hydrogens is 274 g/mol. The highest BCUT2D eigenvalue weighted by Crippen LogP contribution is 2.21. The van der Waals surface area contributed by atoms with Gasteiger partial charge in [0.25, 0.3) is 0 Å². The zero-order valence-electron chi connectivity index (χ0n) is 13.2. The number of hydrogen-bond acceptors (Lipinski definition) is 4. The van der Waals surface area contributed by atoms with Gasteiger partial charge in [-0.05, 0) is 18.7 Å². The largest absolute Gasteiger partial charge is 0.329 e. The van der Waals surface area contributed by atoms with Gasteiger partial charge in [-0.25, -0.2) is 4.68 Å². The average molecular weight is 299 g/mol. The Labute approximate surface area is 132 Å². The number of hydrogen-bond donors (Lipinski definition) is 1. The molecule has 0 bridgehead atoms. The minimum atomic E-state index is 0.261. The van der Waals surface area contributed by atoms with Crippen molar-refractivity contribution in [2.24, 2.45) is 5.73 Å². The first kappa shape index (κ1) is 15.2. The van der Waals surface area contributed by atoms with Crippen LogP contribution in [0.5, 0.6) is 0 Å². The van der Waals surface area contributed by atoms with E-state index in [2.05, 4.69) is 40.2 Å². The van der Waals surface area contributed by atoms with Crippen molar-refractivity contribution in [1.29, 1.82) is 0 Å². The number of benzene rings is 1. The van der Waals surface area contributed by atoms with Crippen LogP contribution in [0, 0.1) is 0 Å². The Hall–Kier alpha value is -1.69. The third-order valence-corrected chi connectivity index (χ3v) is 4.53. The zero-order chi connectivity index (χ0) is 15.4. The van der Waals surface area contributed by atoms with Crippen LogP contribution in [0.3, 0.4) is 0 Å². The molecule has 5 nitrogen and oxygen atoms in total. The molecule has 1 aliphatic heterocycles. The summed E-state index contributed by atoms with van der Waals surface area (Å²) in [5.74, 6) is 0. The van der Waals surface area contributed by atoms with Crippen LogP contribution < -0.4 is 5.73 Å². The van der Waals surface area contributed by atoms with Crippen LogP contribution in [-0.4, -0.2) is 58.8 Å². The molecule has 2 N–H and O–H groups in total. The van der Waals surface area contributed by atoms with Crippen LogP contribution in [0.2, 0.25) is 0 Å². The third kappa shape index (κ3) is 3.21. The molecular formula is C17H25N5. The topological polar surface area (TPSA) is 50.3 Å². The van der Waals surface area contributed by atoms with Gasteiger partial charge in [0.15, 0.2) is 0 Å². The first-order chi connectivity index (χ1) is 10.8. The zero-order valence-corrected chi connectivity index (χ0v) is 13.2. The molecule has 5 heteroatoms. The van der Waals surface area contributed by atoms with Gasteiger partial charge in [-0.2, -0.15) is 5.10 Å². The van der Waals surface area contributed by atoms with Crippen molar-refractivity contribution in [3.05, 3.63) is 48.3 Å². The molecule has 1 aromatic carbocycles. The third-order valence-electron chi connectivity index (χ3n) is 4.53. The van der Waals surface area contributed by atoms with Gasteiger partial charge in [-0.1, -0.05) is 25.1 Å². The Morgan fingerprint density at radius 2 is 1.86 bits per heavy atom. The summed E-state index contributed by atoms with van der Waals surface area (Å²) in [6.45, 7) is 8.39. The van der Waals surface area contributed by atoms with Gasteiger partial charge in [0.05, 0.1) is 17.9 Å². The molecule has 22 heavy (non-hydrogen) atoms. The molecule has 1 atom stereocenters. The normalized spacial score (nSPS) is 18.5. The highest BCUT2D eigenvalue weighted by molar-refractivity contribution is 5.31. The Bertz CT molecular complexity index is 572. The van der Waals surface area contributed by atoms with Crippen LogP contribution >= 0.6 is 0 Å². The highest BCUT2D eigenvalue weighted by atomic mass is 15.3. The number of nitrogens with zero attached hydrogens (tertiary/aromatic N) is 4. The fraction of sp³-hybridized carbons (Fsp3) is 0.471. The second-order valence-electron chi connectivity index (χ2n) is 5.78. The molecule has 1 aliphatic rings. The van der Waals surface area contributed by atoms with Crippen LogP contribution in [0.25, 0.3) is 5.69 Å². The van der Waals surface area contributed by atoms with Gasteiger partial charge in [0, 0.05) is 44.5 Å². The van der Waals surface area contributed by atoms with Crippen molar-refractivity contribution in [3.8, 4) is 5.69 Å². The van der Waals surface area contributed by atoms with E-state index in [-0.39, 0.29) is 6.04 Å². The number of nitrogens with two attached hydrogens (primary N) is 1. The Morgan fingerprint density at radius 1 is 1.14 bits per heavy atom. The summed E-state index contributed by atoms with van der Waals surface area (Å²) in [6.07, 6.45) is 4.07. The van der Waals surface area contributed by atoms with E-state index in [0.29, 0.717) is 6.54 Å². The maximum absolute atomic E-state index is 6.06. The van der Waals surface area contributed by atoms with Crippen LogP contribution in [0.1, 0.15) is 18.5 Å². The summed E-state index contributed by atoms with van der Waals surface area (Å²) >= 11 is 0. The van der Waals surface area contributed by atoms with Gasteiger partial charge in [-0.15, -0.1) is 0 Å². The quantitative estimate of drug-likeness (QED) is 0.909. The molecule has 1 saturated heterocycles. The highest BCUT2D eigenvalue weighted by Gasteiger charge is 2.24. The van der Waals surface area contributed by atoms with Crippen LogP contribution in [-0.2, 0) is 0 Å². The van der Waals surface area contributed by atoms with E-state index in [1.165, 1.54) is 5.56 Å².